The minimum atomic E-state index is -0.299. The smallest absolute Gasteiger partial charge is 0.142 e. The first-order chi connectivity index (χ1) is 8.96. The van der Waals surface area contributed by atoms with E-state index in [-0.39, 0.29) is 16.9 Å². The predicted octanol–water partition coefficient (Wildman–Crippen LogP) is 3.60. The Morgan fingerprint density at radius 2 is 1.89 bits per heavy atom. The van der Waals surface area contributed by atoms with Crippen molar-refractivity contribution in [2.24, 2.45) is 16.7 Å². The summed E-state index contributed by atoms with van der Waals surface area (Å²) in [5.74, 6) is 0.887. The second kappa shape index (κ2) is 4.17. The molecule has 0 aromatic heterocycles. The molecule has 2 heteroatoms. The first-order valence-electron chi connectivity index (χ1n) is 7.15. The predicted molar refractivity (Wildman–Crippen MR) is 74.6 cm³/mol. The molecule has 2 aliphatic rings. The van der Waals surface area contributed by atoms with Crippen molar-refractivity contribution in [1.29, 1.82) is 0 Å². The summed E-state index contributed by atoms with van der Waals surface area (Å²) in [5.41, 5.74) is 0.955. The summed E-state index contributed by atoms with van der Waals surface area (Å²) in [6, 6.07) is 10.2. The summed E-state index contributed by atoms with van der Waals surface area (Å²) in [6.07, 6.45) is 1.85. The molecule has 2 bridgehead atoms. The molecule has 0 aliphatic heterocycles. The lowest BCUT2D eigenvalue weighted by Gasteiger charge is -2.37. The lowest BCUT2D eigenvalue weighted by molar-refractivity contribution is -0.140. The van der Waals surface area contributed by atoms with Crippen LogP contribution in [-0.4, -0.2) is 11.9 Å². The van der Waals surface area contributed by atoms with Gasteiger partial charge < -0.3 is 4.74 Å². The van der Waals surface area contributed by atoms with Crippen LogP contribution in [0.15, 0.2) is 30.3 Å². The Balaban J connectivity index is 1.76. The number of Topliss-reactive ketones (excluding diaryl/α,β-unsaturated/α-hetero) is 1. The topological polar surface area (TPSA) is 26.3 Å². The Labute approximate surface area is 115 Å². The average Bonchev–Trinajstić information content (AvgIpc) is 2.68. The molecular weight excluding hydrogens is 236 g/mol. The first kappa shape index (κ1) is 12.9. The Morgan fingerprint density at radius 1 is 1.21 bits per heavy atom. The molecule has 0 spiro atoms. The molecule has 2 saturated carbocycles. The van der Waals surface area contributed by atoms with Crippen LogP contribution in [-0.2, 0) is 16.1 Å². The fourth-order valence-electron chi connectivity index (χ4n) is 3.95. The van der Waals surface area contributed by atoms with Gasteiger partial charge in [0.25, 0.3) is 0 Å². The molecule has 0 saturated heterocycles. The summed E-state index contributed by atoms with van der Waals surface area (Å²) >= 11 is 0. The molecule has 0 heterocycles. The van der Waals surface area contributed by atoms with Crippen LogP contribution >= 0.6 is 0 Å². The maximum atomic E-state index is 12.3. The van der Waals surface area contributed by atoms with Crippen molar-refractivity contribution < 1.29 is 9.53 Å². The van der Waals surface area contributed by atoms with E-state index < -0.39 is 0 Å². The number of benzene rings is 1. The highest BCUT2D eigenvalue weighted by molar-refractivity contribution is 5.90. The van der Waals surface area contributed by atoms with Gasteiger partial charge in [-0.15, -0.1) is 0 Å². The van der Waals surface area contributed by atoms with E-state index in [2.05, 4.69) is 32.9 Å². The number of rotatable bonds is 3. The monoisotopic (exact) mass is 258 g/mol. The molecule has 3 atom stereocenters. The van der Waals surface area contributed by atoms with E-state index in [1.54, 1.807) is 0 Å². The Bertz CT molecular complexity index is 491. The van der Waals surface area contributed by atoms with Gasteiger partial charge in [-0.3, -0.25) is 4.79 Å². The van der Waals surface area contributed by atoms with Crippen LogP contribution < -0.4 is 0 Å². The van der Waals surface area contributed by atoms with Crippen LogP contribution in [0.4, 0.5) is 0 Å². The lowest BCUT2D eigenvalue weighted by atomic mass is 9.69. The van der Waals surface area contributed by atoms with Gasteiger partial charge in [-0.25, -0.2) is 0 Å². The Hall–Kier alpha value is -1.15. The van der Waals surface area contributed by atoms with Gasteiger partial charge in [0.05, 0.1) is 18.1 Å². The first-order valence-corrected chi connectivity index (χ1v) is 7.15. The van der Waals surface area contributed by atoms with E-state index in [0.29, 0.717) is 18.3 Å². The number of fused-ring (bicyclic) bond motifs is 2. The molecule has 3 rings (SSSR count). The van der Waals surface area contributed by atoms with Gasteiger partial charge in [0.15, 0.2) is 0 Å². The number of carbonyl (C=O) groups excluding carboxylic acids is 1. The Morgan fingerprint density at radius 3 is 2.47 bits per heavy atom. The molecule has 2 fully saturated rings. The van der Waals surface area contributed by atoms with Crippen molar-refractivity contribution in [1.82, 2.24) is 0 Å². The van der Waals surface area contributed by atoms with Gasteiger partial charge in [-0.2, -0.15) is 0 Å². The van der Waals surface area contributed by atoms with E-state index in [0.717, 1.165) is 12.8 Å². The van der Waals surface area contributed by atoms with Gasteiger partial charge >= 0.3 is 0 Å². The van der Waals surface area contributed by atoms with Gasteiger partial charge in [0, 0.05) is 6.42 Å². The van der Waals surface area contributed by atoms with Crippen LogP contribution in [0, 0.1) is 16.7 Å². The summed E-state index contributed by atoms with van der Waals surface area (Å²) < 4.78 is 6.11. The van der Waals surface area contributed by atoms with Crippen LogP contribution in [0.25, 0.3) is 0 Å². The SMILES string of the molecule is CC1(C)[C@@H]2CC(=O)[C@@]1(C)[C@@H](OCc1ccccc1)C2. The number of ketones is 1. The van der Waals surface area contributed by atoms with Crippen molar-refractivity contribution in [2.75, 3.05) is 0 Å². The van der Waals surface area contributed by atoms with Crippen molar-refractivity contribution in [3.8, 4) is 0 Å². The molecular formula is C17H22O2. The number of ether oxygens (including phenoxy) is 1. The summed E-state index contributed by atoms with van der Waals surface area (Å²) in [6.45, 7) is 7.18. The largest absolute Gasteiger partial charge is 0.372 e. The van der Waals surface area contributed by atoms with Crippen molar-refractivity contribution in [3.63, 3.8) is 0 Å². The van der Waals surface area contributed by atoms with E-state index in [4.69, 9.17) is 4.74 Å². The fourth-order valence-corrected chi connectivity index (χ4v) is 3.95. The third-order valence-electron chi connectivity index (χ3n) is 5.81. The maximum absolute atomic E-state index is 12.3. The lowest BCUT2D eigenvalue weighted by Crippen LogP contribution is -2.43. The minimum Gasteiger partial charge on any atom is -0.372 e. The zero-order chi connectivity index (χ0) is 13.7. The molecule has 1 aromatic carbocycles. The van der Waals surface area contributed by atoms with Crippen LogP contribution in [0.3, 0.4) is 0 Å². The highest BCUT2D eigenvalue weighted by Crippen LogP contribution is 2.64. The number of hydrogen-bond acceptors (Lipinski definition) is 2. The molecule has 0 N–H and O–H groups in total. The molecule has 1 aromatic rings. The van der Waals surface area contributed by atoms with E-state index in [1.165, 1.54) is 5.56 Å². The third-order valence-corrected chi connectivity index (χ3v) is 5.81. The average molecular weight is 258 g/mol. The summed E-state index contributed by atoms with van der Waals surface area (Å²) in [4.78, 5) is 12.3. The number of hydrogen-bond donors (Lipinski definition) is 0. The van der Waals surface area contributed by atoms with Gasteiger partial charge in [0.1, 0.15) is 5.78 Å². The summed E-state index contributed by atoms with van der Waals surface area (Å²) in [5, 5.41) is 0. The van der Waals surface area contributed by atoms with Gasteiger partial charge in [-0.1, -0.05) is 44.2 Å². The normalized spacial score (nSPS) is 35.8. The molecule has 19 heavy (non-hydrogen) atoms. The quantitative estimate of drug-likeness (QED) is 0.828. The molecule has 0 unspecified atom stereocenters. The fraction of sp³-hybridized carbons (Fsp3) is 0.588. The second-order valence-electron chi connectivity index (χ2n) is 6.77. The van der Waals surface area contributed by atoms with Crippen LogP contribution in [0.2, 0.25) is 0 Å². The molecule has 2 nitrogen and oxygen atoms in total. The van der Waals surface area contributed by atoms with Crippen molar-refractivity contribution in [2.45, 2.75) is 46.3 Å². The van der Waals surface area contributed by atoms with Crippen molar-refractivity contribution in [3.05, 3.63) is 35.9 Å². The number of carbonyl (C=O) groups is 1. The van der Waals surface area contributed by atoms with E-state index in [1.807, 2.05) is 18.2 Å². The molecule has 0 amide bonds. The zero-order valence-corrected chi connectivity index (χ0v) is 12.0. The van der Waals surface area contributed by atoms with Gasteiger partial charge in [-0.05, 0) is 30.2 Å². The molecule has 102 valence electrons. The van der Waals surface area contributed by atoms with Crippen LogP contribution in [0.5, 0.6) is 0 Å². The standard InChI is InChI=1S/C17H22O2/c1-16(2)13-9-14(18)17(16,3)15(10-13)19-11-12-7-5-4-6-8-12/h4-8,13,15H,9-11H2,1-3H3/t13-,15+,17+/m1/s1. The Kier molecular flexibility index (Phi) is 2.82. The summed E-state index contributed by atoms with van der Waals surface area (Å²) in [7, 11) is 0. The molecule has 2 aliphatic carbocycles. The third kappa shape index (κ3) is 1.69. The van der Waals surface area contributed by atoms with E-state index in [9.17, 15) is 4.79 Å². The zero-order valence-electron chi connectivity index (χ0n) is 12.0. The second-order valence-corrected chi connectivity index (χ2v) is 6.77. The van der Waals surface area contributed by atoms with Crippen molar-refractivity contribution >= 4 is 5.78 Å². The highest BCUT2D eigenvalue weighted by Gasteiger charge is 2.66. The van der Waals surface area contributed by atoms with Crippen LogP contribution in [0.1, 0.15) is 39.2 Å². The van der Waals surface area contributed by atoms with Gasteiger partial charge in [0.2, 0.25) is 0 Å². The molecule has 0 radical (unpaired) electrons. The van der Waals surface area contributed by atoms with E-state index >= 15 is 0 Å². The minimum absolute atomic E-state index is 0.0748. The highest BCUT2D eigenvalue weighted by atomic mass is 16.5. The maximum Gasteiger partial charge on any atom is 0.142 e.